The van der Waals surface area contributed by atoms with Gasteiger partial charge in [-0.3, -0.25) is 19.9 Å². The number of urea groups is 1. The molecule has 3 heterocycles. The first kappa shape index (κ1) is 19.7. The van der Waals surface area contributed by atoms with Crippen molar-refractivity contribution in [2.24, 2.45) is 5.92 Å². The van der Waals surface area contributed by atoms with Crippen LogP contribution >= 0.6 is 15.9 Å². The van der Waals surface area contributed by atoms with Gasteiger partial charge in [0.1, 0.15) is 18.5 Å². The Morgan fingerprint density at radius 1 is 1.18 bits per heavy atom. The van der Waals surface area contributed by atoms with Crippen molar-refractivity contribution in [3.05, 3.63) is 28.7 Å². The highest BCUT2D eigenvalue weighted by molar-refractivity contribution is 9.10. The Balaban J connectivity index is 1.60. The molecule has 3 unspecified atom stereocenters. The van der Waals surface area contributed by atoms with Crippen molar-refractivity contribution in [2.75, 3.05) is 31.6 Å². The maximum absolute atomic E-state index is 13.3. The highest BCUT2D eigenvalue weighted by Crippen LogP contribution is 2.33. The number of nitrogens with one attached hydrogen (secondary N) is 1. The standard InChI is InChI=1S/C20H28BrN5O2/c1-13(2)9-12-26-18(27)16-17(23(3)20(26)28)22-19-24(10-4-11-25(16)19)15-7-5-14(21)6-8-15/h5-8,13,16-17,19,22H,4,9-12H2,1-3H3. The maximum atomic E-state index is 13.3. The van der Waals surface area contributed by atoms with Crippen LogP contribution < -0.4 is 10.2 Å². The summed E-state index contributed by atoms with van der Waals surface area (Å²) in [4.78, 5) is 33.8. The minimum Gasteiger partial charge on any atom is -0.343 e. The van der Waals surface area contributed by atoms with Crippen molar-refractivity contribution in [2.45, 2.75) is 45.2 Å². The van der Waals surface area contributed by atoms with Gasteiger partial charge in [-0.15, -0.1) is 0 Å². The Bertz CT molecular complexity index is 755. The van der Waals surface area contributed by atoms with E-state index in [1.807, 2.05) is 12.1 Å². The fraction of sp³-hybridized carbons (Fsp3) is 0.600. The molecule has 3 aliphatic heterocycles. The number of amides is 3. The second-order valence-electron chi connectivity index (χ2n) is 8.26. The molecule has 3 saturated heterocycles. The van der Waals surface area contributed by atoms with Crippen LogP contribution in [0.15, 0.2) is 28.7 Å². The summed E-state index contributed by atoms with van der Waals surface area (Å²) in [5.41, 5.74) is 1.11. The molecule has 3 fully saturated rings. The quantitative estimate of drug-likeness (QED) is 0.764. The molecule has 0 radical (unpaired) electrons. The third-order valence-electron chi connectivity index (χ3n) is 5.96. The van der Waals surface area contributed by atoms with E-state index < -0.39 is 0 Å². The van der Waals surface area contributed by atoms with Crippen LogP contribution in [0, 0.1) is 5.92 Å². The molecule has 3 aliphatic rings. The number of carbonyl (C=O) groups is 2. The van der Waals surface area contributed by atoms with Gasteiger partial charge in [0.05, 0.1) is 0 Å². The lowest BCUT2D eigenvalue weighted by Gasteiger charge is -2.44. The molecule has 4 rings (SSSR count). The van der Waals surface area contributed by atoms with Crippen molar-refractivity contribution in [3.63, 3.8) is 0 Å². The molecular weight excluding hydrogens is 422 g/mol. The van der Waals surface area contributed by atoms with E-state index in [1.165, 1.54) is 4.90 Å². The Morgan fingerprint density at radius 3 is 2.57 bits per heavy atom. The van der Waals surface area contributed by atoms with Crippen molar-refractivity contribution in [3.8, 4) is 0 Å². The molecule has 0 spiro atoms. The topological polar surface area (TPSA) is 59.1 Å². The normalized spacial score (nSPS) is 28.2. The van der Waals surface area contributed by atoms with E-state index in [0.29, 0.717) is 12.5 Å². The molecule has 3 amide bonds. The van der Waals surface area contributed by atoms with Gasteiger partial charge in [-0.2, -0.15) is 0 Å². The van der Waals surface area contributed by atoms with E-state index in [2.05, 4.69) is 57.0 Å². The fourth-order valence-corrected chi connectivity index (χ4v) is 4.67. The van der Waals surface area contributed by atoms with Crippen LogP contribution in [-0.2, 0) is 4.79 Å². The Kier molecular flexibility index (Phi) is 5.37. The number of fused-ring (bicyclic) bond motifs is 3. The maximum Gasteiger partial charge on any atom is 0.327 e. The zero-order valence-corrected chi connectivity index (χ0v) is 18.2. The highest BCUT2D eigenvalue weighted by Gasteiger charge is 2.55. The molecule has 0 bridgehead atoms. The Morgan fingerprint density at radius 2 is 1.89 bits per heavy atom. The molecular formula is C20H28BrN5O2. The number of nitrogens with zero attached hydrogens (tertiary/aromatic N) is 4. The van der Waals surface area contributed by atoms with E-state index in [9.17, 15) is 9.59 Å². The van der Waals surface area contributed by atoms with Gasteiger partial charge in [0.25, 0.3) is 5.91 Å². The molecule has 8 heteroatoms. The van der Waals surface area contributed by atoms with Crippen LogP contribution in [0.5, 0.6) is 0 Å². The van der Waals surface area contributed by atoms with Crippen molar-refractivity contribution >= 4 is 33.6 Å². The Labute approximate surface area is 174 Å². The van der Waals surface area contributed by atoms with Crippen LogP contribution in [0.1, 0.15) is 26.7 Å². The number of hydrogen-bond donors (Lipinski definition) is 1. The monoisotopic (exact) mass is 449 g/mol. The number of rotatable bonds is 4. The first-order valence-electron chi connectivity index (χ1n) is 10.0. The number of hydrogen-bond acceptors (Lipinski definition) is 5. The summed E-state index contributed by atoms with van der Waals surface area (Å²) in [5, 5.41) is 3.55. The molecule has 3 atom stereocenters. The van der Waals surface area contributed by atoms with E-state index in [0.717, 1.165) is 36.1 Å². The summed E-state index contributed by atoms with van der Waals surface area (Å²) in [6.45, 7) is 6.46. The fourth-order valence-electron chi connectivity index (χ4n) is 4.41. The lowest BCUT2D eigenvalue weighted by Crippen LogP contribution is -2.66. The third kappa shape index (κ3) is 3.31. The van der Waals surface area contributed by atoms with Gasteiger partial charge in [-0.1, -0.05) is 29.8 Å². The minimum atomic E-state index is -0.335. The second kappa shape index (κ2) is 7.65. The highest BCUT2D eigenvalue weighted by atomic mass is 79.9. The summed E-state index contributed by atoms with van der Waals surface area (Å²) in [7, 11) is 1.80. The number of benzene rings is 1. The molecule has 0 aromatic heterocycles. The minimum absolute atomic E-state index is 0.0681. The zero-order chi connectivity index (χ0) is 20.0. The summed E-state index contributed by atoms with van der Waals surface area (Å²) in [6.07, 6.45) is 1.42. The van der Waals surface area contributed by atoms with Crippen LogP contribution in [0.2, 0.25) is 0 Å². The SMILES string of the molecule is CC(C)CCN1C(=O)C2C(NC3N(c4ccc(Br)cc4)CCCN23)N(C)C1=O. The third-order valence-corrected chi connectivity index (χ3v) is 6.49. The first-order valence-corrected chi connectivity index (χ1v) is 10.8. The van der Waals surface area contributed by atoms with E-state index >= 15 is 0 Å². The summed E-state index contributed by atoms with van der Waals surface area (Å²) in [6, 6.07) is 7.70. The molecule has 0 saturated carbocycles. The Hall–Kier alpha value is -1.64. The van der Waals surface area contributed by atoms with Crippen molar-refractivity contribution in [1.29, 1.82) is 0 Å². The molecule has 1 aromatic rings. The molecule has 7 nitrogen and oxygen atoms in total. The van der Waals surface area contributed by atoms with E-state index in [4.69, 9.17) is 0 Å². The van der Waals surface area contributed by atoms with Gasteiger partial charge in [-0.25, -0.2) is 4.79 Å². The van der Waals surface area contributed by atoms with Gasteiger partial charge in [0.2, 0.25) is 0 Å². The van der Waals surface area contributed by atoms with E-state index in [-0.39, 0.29) is 30.4 Å². The molecule has 1 N–H and O–H groups in total. The number of halogens is 1. The molecule has 152 valence electrons. The number of imide groups is 1. The number of anilines is 1. The lowest BCUT2D eigenvalue weighted by atomic mass is 10.1. The largest absolute Gasteiger partial charge is 0.343 e. The van der Waals surface area contributed by atoms with Crippen molar-refractivity contribution < 1.29 is 9.59 Å². The molecule has 28 heavy (non-hydrogen) atoms. The predicted octanol–water partition coefficient (Wildman–Crippen LogP) is 2.48. The van der Waals surface area contributed by atoms with E-state index in [1.54, 1.807) is 11.9 Å². The van der Waals surface area contributed by atoms with Crippen LogP contribution in [0.4, 0.5) is 10.5 Å². The van der Waals surface area contributed by atoms with Gasteiger partial charge < -0.3 is 9.80 Å². The average Bonchev–Trinajstić information content (AvgIpc) is 3.06. The van der Waals surface area contributed by atoms with Gasteiger partial charge in [0.15, 0.2) is 0 Å². The number of likely N-dealkylation sites (N-methyl/N-ethyl adjacent to an activating group) is 1. The summed E-state index contributed by atoms with van der Waals surface area (Å²) < 4.78 is 1.04. The average molecular weight is 450 g/mol. The van der Waals surface area contributed by atoms with Crippen LogP contribution in [0.3, 0.4) is 0 Å². The van der Waals surface area contributed by atoms with Crippen LogP contribution in [0.25, 0.3) is 0 Å². The van der Waals surface area contributed by atoms with Crippen molar-refractivity contribution in [1.82, 2.24) is 20.0 Å². The van der Waals surface area contributed by atoms with Gasteiger partial charge >= 0.3 is 6.03 Å². The predicted molar refractivity (Wildman–Crippen MR) is 112 cm³/mol. The molecule has 1 aromatic carbocycles. The number of carbonyl (C=O) groups excluding carboxylic acids is 2. The van der Waals surface area contributed by atoms with Crippen LogP contribution in [-0.4, -0.2) is 71.8 Å². The molecule has 0 aliphatic carbocycles. The van der Waals surface area contributed by atoms with Gasteiger partial charge in [0, 0.05) is 36.8 Å². The van der Waals surface area contributed by atoms with Gasteiger partial charge in [-0.05, 0) is 43.0 Å². The summed E-state index contributed by atoms with van der Waals surface area (Å²) >= 11 is 3.49. The smallest absolute Gasteiger partial charge is 0.327 e. The zero-order valence-electron chi connectivity index (χ0n) is 16.6. The lowest BCUT2D eigenvalue weighted by molar-refractivity contribution is -0.138. The summed E-state index contributed by atoms with van der Waals surface area (Å²) in [5.74, 6) is 0.377. The second-order valence-corrected chi connectivity index (χ2v) is 9.17. The first-order chi connectivity index (χ1) is 13.4.